The number of amides is 1. The molecule has 9 nitrogen and oxygen atoms in total. The van der Waals surface area contributed by atoms with Gasteiger partial charge in [0.1, 0.15) is 5.54 Å². The summed E-state index contributed by atoms with van der Waals surface area (Å²) in [7, 11) is 0. The number of hydrogen-bond acceptors (Lipinski definition) is 5. The third kappa shape index (κ3) is 2.87. The number of carboxylic acid groups (broad SMARTS) is 3. The molecule has 1 fully saturated rings. The van der Waals surface area contributed by atoms with Crippen molar-refractivity contribution in [3.05, 3.63) is 0 Å². The maximum atomic E-state index is 11.6. The fourth-order valence-electron chi connectivity index (χ4n) is 2.32. The van der Waals surface area contributed by atoms with Crippen molar-refractivity contribution in [1.29, 1.82) is 0 Å². The summed E-state index contributed by atoms with van der Waals surface area (Å²) in [6, 6.07) is -0.988. The normalized spacial score (nSPS) is 30.5. The number of nitrogens with one attached hydrogen (secondary N) is 1. The van der Waals surface area contributed by atoms with E-state index in [1.165, 1.54) is 6.92 Å². The Hall–Kier alpha value is -2.16. The van der Waals surface area contributed by atoms with Crippen molar-refractivity contribution in [3.63, 3.8) is 0 Å². The summed E-state index contributed by atoms with van der Waals surface area (Å²) in [4.78, 5) is 45.0. The molecule has 0 aromatic heterocycles. The van der Waals surface area contributed by atoms with Gasteiger partial charge in [-0.05, 0) is 19.8 Å². The highest BCUT2D eigenvalue weighted by atomic mass is 16.4. The Labute approximate surface area is 113 Å². The lowest BCUT2D eigenvalue weighted by Crippen LogP contribution is -2.56. The van der Waals surface area contributed by atoms with Gasteiger partial charge in [-0.2, -0.15) is 0 Å². The zero-order valence-electron chi connectivity index (χ0n) is 10.7. The Morgan fingerprint density at radius 1 is 1.10 bits per heavy atom. The minimum absolute atomic E-state index is 0.493. The van der Waals surface area contributed by atoms with E-state index in [1.54, 1.807) is 0 Å². The van der Waals surface area contributed by atoms with Crippen LogP contribution in [-0.4, -0.2) is 50.7 Å². The van der Waals surface area contributed by atoms with E-state index in [-0.39, 0.29) is 0 Å². The van der Waals surface area contributed by atoms with Crippen LogP contribution in [0.15, 0.2) is 0 Å². The lowest BCUT2D eigenvalue weighted by atomic mass is 9.95. The van der Waals surface area contributed by atoms with E-state index in [1.807, 2.05) is 0 Å². The van der Waals surface area contributed by atoms with E-state index in [4.69, 9.17) is 15.9 Å². The smallest absolute Gasteiger partial charge is 0.329 e. The van der Waals surface area contributed by atoms with Crippen LogP contribution in [0.25, 0.3) is 0 Å². The molecule has 0 heterocycles. The Morgan fingerprint density at radius 3 is 1.75 bits per heavy atom. The summed E-state index contributed by atoms with van der Waals surface area (Å²) < 4.78 is 0. The van der Waals surface area contributed by atoms with Crippen LogP contribution < -0.4 is 11.1 Å². The van der Waals surface area contributed by atoms with Crippen molar-refractivity contribution < 1.29 is 34.5 Å². The number of carbonyl (C=O) groups is 4. The Balaban J connectivity index is 3.10. The second-order valence-corrected chi connectivity index (χ2v) is 4.96. The van der Waals surface area contributed by atoms with Crippen molar-refractivity contribution in [3.8, 4) is 0 Å². The van der Waals surface area contributed by atoms with E-state index in [9.17, 15) is 24.3 Å². The van der Waals surface area contributed by atoms with Crippen LogP contribution in [0.2, 0.25) is 0 Å². The zero-order chi connectivity index (χ0) is 15.7. The summed E-state index contributed by atoms with van der Waals surface area (Å²) >= 11 is 0. The molecule has 3 unspecified atom stereocenters. The SMILES string of the molecule is CC(N)C(=O)NC1(C(=O)O)CC(C(=O)O)C(C(=O)O)C1. The van der Waals surface area contributed by atoms with Crippen molar-refractivity contribution in [1.82, 2.24) is 5.32 Å². The molecule has 0 saturated heterocycles. The first kappa shape index (κ1) is 15.9. The second-order valence-electron chi connectivity index (χ2n) is 4.96. The van der Waals surface area contributed by atoms with Crippen molar-refractivity contribution >= 4 is 23.8 Å². The standard InChI is InChI=1S/C11H16N2O7/c1-4(12)7(14)13-11(10(19)20)2-5(8(15)16)6(3-11)9(17)18/h4-6H,2-3,12H2,1H3,(H,13,14)(H,15,16)(H,17,18)(H,19,20). The van der Waals surface area contributed by atoms with E-state index < -0.39 is 60.1 Å². The Bertz CT molecular complexity index is 438. The molecular formula is C11H16N2O7. The van der Waals surface area contributed by atoms with Gasteiger partial charge in [-0.1, -0.05) is 0 Å². The number of carboxylic acids is 3. The molecule has 1 amide bonds. The number of nitrogens with two attached hydrogens (primary N) is 1. The molecule has 1 aliphatic rings. The summed E-state index contributed by atoms with van der Waals surface area (Å²) in [5.74, 6) is -7.82. The van der Waals surface area contributed by atoms with Crippen molar-refractivity contribution in [2.75, 3.05) is 0 Å². The maximum absolute atomic E-state index is 11.6. The van der Waals surface area contributed by atoms with Gasteiger partial charge in [0, 0.05) is 0 Å². The van der Waals surface area contributed by atoms with Crippen LogP contribution in [0, 0.1) is 11.8 Å². The molecule has 0 radical (unpaired) electrons. The summed E-state index contributed by atoms with van der Waals surface area (Å²) in [6.07, 6.45) is -0.986. The van der Waals surface area contributed by atoms with Crippen LogP contribution in [0.3, 0.4) is 0 Å². The van der Waals surface area contributed by atoms with Gasteiger partial charge in [0.25, 0.3) is 0 Å². The third-order valence-electron chi connectivity index (χ3n) is 3.44. The van der Waals surface area contributed by atoms with Crippen LogP contribution in [0.5, 0.6) is 0 Å². The van der Waals surface area contributed by atoms with Crippen LogP contribution >= 0.6 is 0 Å². The zero-order valence-corrected chi connectivity index (χ0v) is 10.7. The summed E-state index contributed by atoms with van der Waals surface area (Å²) in [5.41, 5.74) is 3.40. The average molecular weight is 288 g/mol. The van der Waals surface area contributed by atoms with Crippen LogP contribution in [0.4, 0.5) is 0 Å². The molecule has 9 heteroatoms. The molecule has 0 aromatic rings. The molecule has 0 aromatic carbocycles. The molecular weight excluding hydrogens is 272 g/mol. The maximum Gasteiger partial charge on any atom is 0.329 e. The Morgan fingerprint density at radius 2 is 1.50 bits per heavy atom. The lowest BCUT2D eigenvalue weighted by Gasteiger charge is -2.26. The summed E-state index contributed by atoms with van der Waals surface area (Å²) in [5, 5.41) is 29.4. The molecule has 6 N–H and O–H groups in total. The number of carbonyl (C=O) groups excluding carboxylic acids is 1. The van der Waals surface area contributed by atoms with Gasteiger partial charge in [0.15, 0.2) is 0 Å². The third-order valence-corrected chi connectivity index (χ3v) is 3.44. The fraction of sp³-hybridized carbons (Fsp3) is 0.636. The molecule has 0 bridgehead atoms. The van der Waals surface area contributed by atoms with Gasteiger partial charge in [-0.15, -0.1) is 0 Å². The molecule has 3 atom stereocenters. The molecule has 0 spiro atoms. The predicted molar refractivity (Wildman–Crippen MR) is 63.6 cm³/mol. The molecule has 112 valence electrons. The fourth-order valence-corrected chi connectivity index (χ4v) is 2.32. The van der Waals surface area contributed by atoms with Gasteiger partial charge in [-0.3, -0.25) is 14.4 Å². The van der Waals surface area contributed by atoms with E-state index in [0.717, 1.165) is 0 Å². The lowest BCUT2D eigenvalue weighted by molar-refractivity contribution is -0.152. The van der Waals surface area contributed by atoms with Gasteiger partial charge >= 0.3 is 17.9 Å². The quantitative estimate of drug-likeness (QED) is 0.406. The number of aliphatic carboxylic acids is 3. The van der Waals surface area contributed by atoms with E-state index >= 15 is 0 Å². The van der Waals surface area contributed by atoms with Gasteiger partial charge in [0.2, 0.25) is 5.91 Å². The first-order valence-electron chi connectivity index (χ1n) is 5.87. The molecule has 1 rings (SSSR count). The molecule has 20 heavy (non-hydrogen) atoms. The summed E-state index contributed by atoms with van der Waals surface area (Å²) in [6.45, 7) is 1.34. The first-order chi connectivity index (χ1) is 9.10. The minimum atomic E-state index is -1.92. The van der Waals surface area contributed by atoms with Gasteiger partial charge in [-0.25, -0.2) is 4.79 Å². The number of rotatable bonds is 5. The second kappa shape index (κ2) is 5.45. The topological polar surface area (TPSA) is 167 Å². The van der Waals surface area contributed by atoms with Crippen LogP contribution in [0.1, 0.15) is 19.8 Å². The van der Waals surface area contributed by atoms with Crippen LogP contribution in [-0.2, 0) is 19.2 Å². The highest BCUT2D eigenvalue weighted by molar-refractivity contribution is 5.92. The van der Waals surface area contributed by atoms with Crippen molar-refractivity contribution in [2.45, 2.75) is 31.3 Å². The predicted octanol–water partition coefficient (Wildman–Crippen LogP) is -1.53. The van der Waals surface area contributed by atoms with Crippen molar-refractivity contribution in [2.24, 2.45) is 17.6 Å². The highest BCUT2D eigenvalue weighted by Gasteiger charge is 2.56. The first-order valence-corrected chi connectivity index (χ1v) is 5.87. The average Bonchev–Trinajstić information content (AvgIpc) is 2.70. The monoisotopic (exact) mass is 288 g/mol. The molecule has 0 aliphatic heterocycles. The number of hydrogen-bond donors (Lipinski definition) is 5. The van der Waals surface area contributed by atoms with E-state index in [2.05, 4.69) is 5.32 Å². The van der Waals surface area contributed by atoms with Gasteiger partial charge in [0.05, 0.1) is 17.9 Å². The Kier molecular flexibility index (Phi) is 4.33. The highest BCUT2D eigenvalue weighted by Crippen LogP contribution is 2.40. The largest absolute Gasteiger partial charge is 0.481 e. The minimum Gasteiger partial charge on any atom is -0.481 e. The van der Waals surface area contributed by atoms with Gasteiger partial charge < -0.3 is 26.4 Å². The van der Waals surface area contributed by atoms with E-state index in [0.29, 0.717) is 0 Å². The molecule has 1 saturated carbocycles. The molecule has 1 aliphatic carbocycles.